The van der Waals surface area contributed by atoms with Gasteiger partial charge in [-0.2, -0.15) is 5.26 Å². The van der Waals surface area contributed by atoms with Crippen molar-refractivity contribution in [3.8, 4) is 16.5 Å². The van der Waals surface area contributed by atoms with Crippen LogP contribution in [0.25, 0.3) is 20.7 Å². The molecular weight excluding hydrogens is 404 g/mol. The lowest BCUT2D eigenvalue weighted by Gasteiger charge is -2.08. The van der Waals surface area contributed by atoms with Gasteiger partial charge in [0, 0.05) is 33.7 Å². The van der Waals surface area contributed by atoms with E-state index >= 15 is 0 Å². The first-order valence-electron chi connectivity index (χ1n) is 8.89. The van der Waals surface area contributed by atoms with Crippen molar-refractivity contribution in [2.45, 2.75) is 19.9 Å². The highest BCUT2D eigenvalue weighted by Crippen LogP contribution is 2.34. The molecule has 0 aliphatic rings. The predicted molar refractivity (Wildman–Crippen MR) is 116 cm³/mol. The van der Waals surface area contributed by atoms with E-state index in [0.717, 1.165) is 10.4 Å². The van der Waals surface area contributed by atoms with Gasteiger partial charge in [0.25, 0.3) is 5.56 Å². The Balaban J connectivity index is 1.56. The maximum absolute atomic E-state index is 13.0. The maximum Gasteiger partial charge on any atom is 0.262 e. The SMILES string of the molecule is Cc1ccc(-c2csc3ncn(CCC(=O)Nc4ccccc4C#N)c(=O)c23)s1. The Hall–Kier alpha value is -3.28. The largest absolute Gasteiger partial charge is 0.325 e. The molecule has 8 heteroatoms. The monoisotopic (exact) mass is 420 g/mol. The molecule has 0 bridgehead atoms. The fourth-order valence-corrected chi connectivity index (χ4v) is 4.87. The van der Waals surface area contributed by atoms with E-state index in [-0.39, 0.29) is 24.4 Å². The zero-order valence-electron chi connectivity index (χ0n) is 15.5. The summed E-state index contributed by atoms with van der Waals surface area (Å²) < 4.78 is 1.47. The number of benzene rings is 1. The first-order chi connectivity index (χ1) is 14.1. The highest BCUT2D eigenvalue weighted by Gasteiger charge is 2.15. The summed E-state index contributed by atoms with van der Waals surface area (Å²) in [6.07, 6.45) is 1.59. The van der Waals surface area contributed by atoms with Crippen LogP contribution in [-0.4, -0.2) is 15.5 Å². The van der Waals surface area contributed by atoms with Crippen LogP contribution in [0.2, 0.25) is 0 Å². The van der Waals surface area contributed by atoms with Crippen molar-refractivity contribution < 1.29 is 4.79 Å². The lowest BCUT2D eigenvalue weighted by atomic mass is 10.2. The Morgan fingerprint density at radius 1 is 1.28 bits per heavy atom. The average molecular weight is 421 g/mol. The number of rotatable bonds is 5. The summed E-state index contributed by atoms with van der Waals surface area (Å²) in [5, 5.41) is 14.4. The summed E-state index contributed by atoms with van der Waals surface area (Å²) in [6, 6.07) is 12.9. The highest BCUT2D eigenvalue weighted by molar-refractivity contribution is 7.19. The summed E-state index contributed by atoms with van der Waals surface area (Å²) >= 11 is 3.08. The molecule has 4 aromatic rings. The Labute approximate surface area is 174 Å². The number of anilines is 1. The van der Waals surface area contributed by atoms with Crippen LogP contribution in [0.4, 0.5) is 5.69 Å². The van der Waals surface area contributed by atoms with Crippen LogP contribution in [0.1, 0.15) is 16.9 Å². The molecule has 1 aromatic carbocycles. The number of hydrogen-bond acceptors (Lipinski definition) is 6. The van der Waals surface area contributed by atoms with E-state index < -0.39 is 0 Å². The number of fused-ring (bicyclic) bond motifs is 1. The molecule has 1 N–H and O–H groups in total. The minimum absolute atomic E-state index is 0.102. The summed E-state index contributed by atoms with van der Waals surface area (Å²) in [5.41, 5.74) is 1.61. The number of nitriles is 1. The first kappa shape index (κ1) is 19.1. The zero-order chi connectivity index (χ0) is 20.4. The second-order valence-electron chi connectivity index (χ2n) is 6.44. The lowest BCUT2D eigenvalue weighted by Crippen LogP contribution is -2.23. The molecule has 0 aliphatic heterocycles. The molecule has 0 fully saturated rings. The molecule has 1 amide bonds. The van der Waals surface area contributed by atoms with Crippen molar-refractivity contribution >= 4 is 44.5 Å². The van der Waals surface area contributed by atoms with Gasteiger partial charge in [-0.15, -0.1) is 22.7 Å². The molecule has 0 unspecified atom stereocenters. The maximum atomic E-state index is 13.0. The third kappa shape index (κ3) is 3.83. The van der Waals surface area contributed by atoms with Crippen LogP contribution in [0.3, 0.4) is 0 Å². The minimum atomic E-state index is -0.265. The van der Waals surface area contributed by atoms with Crippen LogP contribution in [-0.2, 0) is 11.3 Å². The van der Waals surface area contributed by atoms with Crippen molar-refractivity contribution in [1.29, 1.82) is 5.26 Å². The molecule has 6 nitrogen and oxygen atoms in total. The van der Waals surface area contributed by atoms with Crippen LogP contribution in [0.15, 0.2) is 52.9 Å². The van der Waals surface area contributed by atoms with Gasteiger partial charge in [-0.25, -0.2) is 4.98 Å². The van der Waals surface area contributed by atoms with E-state index in [1.165, 1.54) is 27.1 Å². The van der Waals surface area contributed by atoms with Gasteiger partial charge in [0.15, 0.2) is 0 Å². The van der Waals surface area contributed by atoms with Crippen molar-refractivity contribution in [2.24, 2.45) is 0 Å². The fourth-order valence-electron chi connectivity index (χ4n) is 3.01. The first-order valence-corrected chi connectivity index (χ1v) is 10.6. The number of nitrogens with zero attached hydrogens (tertiary/aromatic N) is 3. The summed E-state index contributed by atoms with van der Waals surface area (Å²) in [5.74, 6) is -0.265. The number of para-hydroxylation sites is 1. The van der Waals surface area contributed by atoms with Crippen LogP contribution in [0, 0.1) is 18.3 Å². The minimum Gasteiger partial charge on any atom is -0.325 e. The molecule has 29 heavy (non-hydrogen) atoms. The molecule has 3 aromatic heterocycles. The van der Waals surface area contributed by atoms with Gasteiger partial charge in [0.1, 0.15) is 10.9 Å². The third-order valence-corrected chi connectivity index (χ3v) is 6.39. The number of carbonyl (C=O) groups is 1. The van der Waals surface area contributed by atoms with Crippen LogP contribution < -0.4 is 10.9 Å². The second kappa shape index (κ2) is 7.99. The number of aryl methyl sites for hydroxylation is 2. The standard InChI is InChI=1S/C21H16N4O2S2/c1-13-6-7-17(29-13)15-11-28-20-19(15)21(27)25(12-23-20)9-8-18(26)24-16-5-3-2-4-14(16)10-22/h2-7,11-12H,8-9H2,1H3,(H,24,26). The molecular formula is C21H16N4O2S2. The number of aromatic nitrogens is 2. The van der Waals surface area contributed by atoms with Gasteiger partial charge in [-0.1, -0.05) is 12.1 Å². The molecule has 0 atom stereocenters. The van der Waals surface area contributed by atoms with E-state index in [0.29, 0.717) is 21.5 Å². The van der Waals surface area contributed by atoms with E-state index in [1.807, 2.05) is 30.5 Å². The van der Waals surface area contributed by atoms with Crippen molar-refractivity contribution in [2.75, 3.05) is 5.32 Å². The van der Waals surface area contributed by atoms with Crippen molar-refractivity contribution in [3.63, 3.8) is 0 Å². The van der Waals surface area contributed by atoms with E-state index in [2.05, 4.69) is 10.3 Å². The van der Waals surface area contributed by atoms with E-state index in [1.54, 1.807) is 35.6 Å². The third-order valence-electron chi connectivity index (χ3n) is 4.47. The topological polar surface area (TPSA) is 87.8 Å². The highest BCUT2D eigenvalue weighted by atomic mass is 32.1. The van der Waals surface area contributed by atoms with Crippen LogP contribution >= 0.6 is 22.7 Å². The number of nitrogens with one attached hydrogen (secondary N) is 1. The molecule has 0 radical (unpaired) electrons. The molecule has 0 aliphatic carbocycles. The second-order valence-corrected chi connectivity index (χ2v) is 8.58. The Kier molecular flexibility index (Phi) is 5.25. The molecule has 4 rings (SSSR count). The van der Waals surface area contributed by atoms with Gasteiger partial charge >= 0.3 is 0 Å². The Bertz CT molecular complexity index is 1310. The van der Waals surface area contributed by atoms with E-state index in [9.17, 15) is 9.59 Å². The number of hydrogen-bond donors (Lipinski definition) is 1. The summed E-state index contributed by atoms with van der Waals surface area (Å²) in [4.78, 5) is 32.6. The molecule has 0 spiro atoms. The van der Waals surface area contributed by atoms with Gasteiger partial charge in [0.05, 0.1) is 23.0 Å². The predicted octanol–water partition coefficient (Wildman–Crippen LogP) is 4.40. The van der Waals surface area contributed by atoms with Crippen molar-refractivity contribution in [3.05, 3.63) is 68.9 Å². The normalized spacial score (nSPS) is 10.8. The summed E-state index contributed by atoms with van der Waals surface area (Å²) in [6.45, 7) is 2.24. The van der Waals surface area contributed by atoms with Gasteiger partial charge in [-0.05, 0) is 31.2 Å². The van der Waals surface area contributed by atoms with Crippen LogP contribution in [0.5, 0.6) is 0 Å². The Morgan fingerprint density at radius 3 is 2.86 bits per heavy atom. The van der Waals surface area contributed by atoms with E-state index in [4.69, 9.17) is 5.26 Å². The lowest BCUT2D eigenvalue weighted by molar-refractivity contribution is -0.116. The number of carbonyl (C=O) groups excluding carboxylic acids is 1. The van der Waals surface area contributed by atoms with Crippen molar-refractivity contribution in [1.82, 2.24) is 9.55 Å². The Morgan fingerprint density at radius 2 is 2.10 bits per heavy atom. The van der Waals surface area contributed by atoms with Gasteiger partial charge in [-0.3, -0.25) is 14.2 Å². The average Bonchev–Trinajstić information content (AvgIpc) is 3.34. The molecule has 3 heterocycles. The smallest absolute Gasteiger partial charge is 0.262 e. The number of thiophene rings is 2. The fraction of sp³-hybridized carbons (Fsp3) is 0.143. The van der Waals surface area contributed by atoms with Gasteiger partial charge in [0.2, 0.25) is 5.91 Å². The zero-order valence-corrected chi connectivity index (χ0v) is 17.1. The quantitative estimate of drug-likeness (QED) is 0.518. The molecule has 144 valence electrons. The molecule has 0 saturated carbocycles. The summed E-state index contributed by atoms with van der Waals surface area (Å²) in [7, 11) is 0. The van der Waals surface area contributed by atoms with Gasteiger partial charge < -0.3 is 5.32 Å². The molecule has 0 saturated heterocycles. The number of amides is 1.